The van der Waals surface area contributed by atoms with Gasteiger partial charge in [-0.2, -0.15) is 0 Å². The molecule has 0 radical (unpaired) electrons. The maximum atomic E-state index is 14.0. The molecule has 1 aromatic carbocycles. The second-order valence-electron chi connectivity index (χ2n) is 7.58. The zero-order chi connectivity index (χ0) is 22.1. The highest BCUT2D eigenvalue weighted by Gasteiger charge is 2.25. The minimum atomic E-state index is -3.17. The first-order valence-corrected chi connectivity index (χ1v) is 12.4. The van der Waals surface area contributed by atoms with Gasteiger partial charge in [-0.15, -0.1) is 0 Å². The molecule has 1 atom stereocenters. The summed E-state index contributed by atoms with van der Waals surface area (Å²) in [6, 6.07) is 12.3. The molecule has 2 N–H and O–H groups in total. The van der Waals surface area contributed by atoms with E-state index in [2.05, 4.69) is 20.6 Å². The summed E-state index contributed by atoms with van der Waals surface area (Å²) in [7, 11) is -3.17. The van der Waals surface area contributed by atoms with E-state index in [0.717, 1.165) is 12.0 Å². The van der Waals surface area contributed by atoms with E-state index in [4.69, 9.17) is 0 Å². The average Bonchev–Trinajstić information content (AvgIpc) is 3.20. The van der Waals surface area contributed by atoms with Crippen molar-refractivity contribution in [2.24, 2.45) is 4.99 Å². The van der Waals surface area contributed by atoms with Crippen LogP contribution in [0, 0.1) is 5.82 Å². The van der Waals surface area contributed by atoms with Crippen LogP contribution in [-0.2, 0) is 15.6 Å². The van der Waals surface area contributed by atoms with Gasteiger partial charge >= 0.3 is 0 Å². The summed E-state index contributed by atoms with van der Waals surface area (Å²) in [5.41, 5.74) is 0.802. The maximum absolute atomic E-state index is 14.0. The molecule has 1 saturated heterocycles. The summed E-state index contributed by atoms with van der Waals surface area (Å²) in [5, 5.41) is 6.57. The largest absolute Gasteiger partial charge is 0.357 e. The lowest BCUT2D eigenvalue weighted by Gasteiger charge is -2.20. The number of hydrogen-bond acceptors (Lipinski definition) is 5. The molecule has 0 amide bonds. The van der Waals surface area contributed by atoms with Crippen molar-refractivity contribution in [3.63, 3.8) is 0 Å². The Kier molecular flexibility index (Phi) is 8.22. The Labute approximate surface area is 183 Å². The predicted molar refractivity (Wildman–Crippen MR) is 122 cm³/mol. The van der Waals surface area contributed by atoms with Gasteiger partial charge in [0.15, 0.2) is 27.4 Å². The number of aromatic nitrogens is 1. The number of halogens is 1. The summed E-state index contributed by atoms with van der Waals surface area (Å²) in [5.74, 6) is 0.854. The van der Waals surface area contributed by atoms with Crippen LogP contribution in [0.3, 0.4) is 0 Å². The van der Waals surface area contributed by atoms with Crippen LogP contribution in [0.25, 0.3) is 0 Å². The lowest BCUT2D eigenvalue weighted by Crippen LogP contribution is -2.44. The fraction of sp³-hybridized carbons (Fsp3) is 0.455. The fourth-order valence-electron chi connectivity index (χ4n) is 3.57. The Morgan fingerprint density at radius 3 is 2.81 bits per heavy atom. The fourth-order valence-corrected chi connectivity index (χ4v) is 4.98. The van der Waals surface area contributed by atoms with Crippen molar-refractivity contribution in [1.29, 1.82) is 0 Å². The van der Waals surface area contributed by atoms with Crippen LogP contribution in [0.4, 0.5) is 10.2 Å². The third-order valence-electron chi connectivity index (χ3n) is 5.02. The number of aliphatic imine (C=N–C) groups is 1. The summed E-state index contributed by atoms with van der Waals surface area (Å²) in [4.78, 5) is 10.6. The summed E-state index contributed by atoms with van der Waals surface area (Å²) in [6.45, 7) is 4.43. The van der Waals surface area contributed by atoms with Gasteiger partial charge in [0.1, 0.15) is 0 Å². The Morgan fingerprint density at radius 1 is 1.26 bits per heavy atom. The quantitative estimate of drug-likeness (QED) is 0.349. The third-order valence-corrected chi connectivity index (χ3v) is 6.71. The van der Waals surface area contributed by atoms with E-state index < -0.39 is 9.84 Å². The van der Waals surface area contributed by atoms with Gasteiger partial charge in [-0.3, -0.25) is 4.99 Å². The number of guanidine groups is 1. The molecule has 0 bridgehead atoms. The molecule has 1 aliphatic rings. The number of nitrogens with zero attached hydrogens (tertiary/aromatic N) is 3. The Hall–Kier alpha value is -2.68. The highest BCUT2D eigenvalue weighted by molar-refractivity contribution is 7.90. The second-order valence-corrected chi connectivity index (χ2v) is 9.76. The highest BCUT2D eigenvalue weighted by Crippen LogP contribution is 2.20. The Balaban J connectivity index is 1.48. The van der Waals surface area contributed by atoms with E-state index in [-0.39, 0.29) is 23.4 Å². The molecule has 3 rings (SSSR count). The van der Waals surface area contributed by atoms with Gasteiger partial charge in [0.2, 0.25) is 0 Å². The molecule has 1 unspecified atom stereocenters. The number of benzene rings is 1. The predicted octanol–water partition coefficient (Wildman–Crippen LogP) is 2.36. The molecule has 1 aliphatic heterocycles. The van der Waals surface area contributed by atoms with E-state index in [1.807, 2.05) is 42.2 Å². The van der Waals surface area contributed by atoms with Crippen LogP contribution in [0.1, 0.15) is 25.3 Å². The molecular formula is C22H30FN5O2S. The molecule has 0 saturated carbocycles. The van der Waals surface area contributed by atoms with Crippen LogP contribution in [0.15, 0.2) is 53.7 Å². The van der Waals surface area contributed by atoms with Crippen LogP contribution >= 0.6 is 0 Å². The normalized spacial score (nSPS) is 17.0. The SMILES string of the molecule is CCNC(=NCCCS(=O)(=O)Cc1ccccc1)NC1CCN(c2ncccc2F)C1. The number of anilines is 1. The third kappa shape index (κ3) is 7.20. The minimum absolute atomic E-state index is 0.0534. The minimum Gasteiger partial charge on any atom is -0.357 e. The monoisotopic (exact) mass is 447 g/mol. The van der Waals surface area contributed by atoms with Crippen molar-refractivity contribution in [1.82, 2.24) is 15.6 Å². The van der Waals surface area contributed by atoms with E-state index in [9.17, 15) is 12.8 Å². The highest BCUT2D eigenvalue weighted by atomic mass is 32.2. The smallest absolute Gasteiger partial charge is 0.191 e. The van der Waals surface area contributed by atoms with Crippen molar-refractivity contribution in [2.75, 3.05) is 36.8 Å². The molecule has 168 valence electrons. The van der Waals surface area contributed by atoms with E-state index in [0.29, 0.717) is 44.4 Å². The van der Waals surface area contributed by atoms with Gasteiger partial charge in [-0.1, -0.05) is 30.3 Å². The zero-order valence-electron chi connectivity index (χ0n) is 17.8. The molecule has 1 fully saturated rings. The number of hydrogen-bond donors (Lipinski definition) is 2. The van der Waals surface area contributed by atoms with Crippen molar-refractivity contribution >= 4 is 21.6 Å². The van der Waals surface area contributed by atoms with Gasteiger partial charge in [-0.25, -0.2) is 17.8 Å². The molecule has 9 heteroatoms. The molecular weight excluding hydrogens is 417 g/mol. The summed E-state index contributed by atoms with van der Waals surface area (Å²) in [6.07, 6.45) is 2.89. The van der Waals surface area contributed by atoms with Gasteiger partial charge in [-0.05, 0) is 37.5 Å². The molecule has 2 heterocycles. The van der Waals surface area contributed by atoms with Crippen molar-refractivity contribution < 1.29 is 12.8 Å². The first-order valence-electron chi connectivity index (χ1n) is 10.6. The van der Waals surface area contributed by atoms with Crippen LogP contribution in [0.5, 0.6) is 0 Å². The Bertz CT molecular complexity index is 969. The molecule has 31 heavy (non-hydrogen) atoms. The number of sulfone groups is 1. The number of pyridine rings is 1. The van der Waals surface area contributed by atoms with E-state index >= 15 is 0 Å². The molecule has 0 aliphatic carbocycles. The molecule has 0 spiro atoms. The lowest BCUT2D eigenvalue weighted by atomic mass is 10.2. The standard InChI is InChI=1S/C22H30FN5O2S/c1-2-24-22(26-13-7-15-31(29,30)17-18-8-4-3-5-9-18)27-19-11-14-28(16-19)21-20(23)10-6-12-25-21/h3-6,8-10,12,19H,2,7,11,13-17H2,1H3,(H2,24,26,27). The maximum Gasteiger partial charge on any atom is 0.191 e. The lowest BCUT2D eigenvalue weighted by molar-refractivity contribution is 0.592. The van der Waals surface area contributed by atoms with Gasteiger partial charge in [0.25, 0.3) is 0 Å². The van der Waals surface area contributed by atoms with Crippen LogP contribution in [-0.4, -0.2) is 57.3 Å². The van der Waals surface area contributed by atoms with Crippen LogP contribution < -0.4 is 15.5 Å². The number of nitrogens with one attached hydrogen (secondary N) is 2. The molecule has 2 aromatic rings. The van der Waals surface area contributed by atoms with Gasteiger partial charge in [0.05, 0.1) is 11.5 Å². The summed E-state index contributed by atoms with van der Waals surface area (Å²) >= 11 is 0. The van der Waals surface area contributed by atoms with Crippen molar-refractivity contribution in [3.8, 4) is 0 Å². The van der Waals surface area contributed by atoms with Gasteiger partial charge < -0.3 is 15.5 Å². The van der Waals surface area contributed by atoms with Crippen LogP contribution in [0.2, 0.25) is 0 Å². The van der Waals surface area contributed by atoms with E-state index in [1.165, 1.54) is 6.07 Å². The van der Waals surface area contributed by atoms with Crippen molar-refractivity contribution in [2.45, 2.75) is 31.6 Å². The van der Waals surface area contributed by atoms with E-state index in [1.54, 1.807) is 12.3 Å². The van der Waals surface area contributed by atoms with Gasteiger partial charge in [0, 0.05) is 38.4 Å². The first kappa shape index (κ1) is 23.0. The molecule has 1 aromatic heterocycles. The summed E-state index contributed by atoms with van der Waals surface area (Å²) < 4.78 is 38.6. The second kappa shape index (κ2) is 11.1. The first-order chi connectivity index (χ1) is 15.0. The zero-order valence-corrected chi connectivity index (χ0v) is 18.6. The molecule has 7 nitrogen and oxygen atoms in total. The topological polar surface area (TPSA) is 86.7 Å². The number of rotatable bonds is 9. The van der Waals surface area contributed by atoms with Crippen molar-refractivity contribution in [3.05, 3.63) is 60.0 Å². The average molecular weight is 448 g/mol. The Morgan fingerprint density at radius 2 is 2.06 bits per heavy atom.